The molecule has 194 valence electrons. The van der Waals surface area contributed by atoms with E-state index in [4.69, 9.17) is 10.5 Å². The largest absolute Gasteiger partial charge is 0.443 e. The van der Waals surface area contributed by atoms with Gasteiger partial charge in [-0.15, -0.1) is 0 Å². The zero-order valence-electron chi connectivity index (χ0n) is 20.0. The van der Waals surface area contributed by atoms with Crippen LogP contribution in [0.3, 0.4) is 0 Å². The van der Waals surface area contributed by atoms with Gasteiger partial charge >= 0.3 is 12.3 Å². The van der Waals surface area contributed by atoms with E-state index in [1.165, 1.54) is 18.2 Å². The van der Waals surface area contributed by atoms with E-state index in [1.54, 1.807) is 0 Å². The number of rotatable bonds is 3. The molecule has 1 aliphatic heterocycles. The van der Waals surface area contributed by atoms with Crippen molar-refractivity contribution in [1.29, 1.82) is 0 Å². The number of nitrogens with two attached hydrogens (primary N) is 1. The second kappa shape index (κ2) is 9.17. The van der Waals surface area contributed by atoms with Crippen molar-refractivity contribution in [2.45, 2.75) is 68.0 Å². The summed E-state index contributed by atoms with van der Waals surface area (Å²) in [7, 11) is 0. The molecule has 2 unspecified atom stereocenters. The molecule has 0 bridgehead atoms. The molecule has 36 heavy (non-hydrogen) atoms. The molecule has 0 spiro atoms. The number of benzene rings is 2. The number of hydrogen-bond donors (Lipinski definition) is 3. The smallest absolute Gasteiger partial charge is 0.416 e. The molecule has 1 aliphatic carbocycles. The third-order valence-electron chi connectivity index (χ3n) is 6.85. The third kappa shape index (κ3) is 5.11. The molecule has 2 aromatic rings. The van der Waals surface area contributed by atoms with Gasteiger partial charge in [0, 0.05) is 21.1 Å². The molecule has 11 heteroatoms. The van der Waals surface area contributed by atoms with Gasteiger partial charge in [-0.1, -0.05) is 32.5 Å². The number of ether oxygens (including phenoxy) is 1. The molecule has 0 aromatic heterocycles. The van der Waals surface area contributed by atoms with Crippen LogP contribution in [0.15, 0.2) is 40.1 Å². The van der Waals surface area contributed by atoms with Crippen LogP contribution in [0.2, 0.25) is 0 Å². The van der Waals surface area contributed by atoms with Crippen molar-refractivity contribution >= 4 is 40.8 Å². The number of nitrogens with one attached hydrogen (secondary N) is 2. The Morgan fingerprint density at radius 2 is 1.89 bits per heavy atom. The summed E-state index contributed by atoms with van der Waals surface area (Å²) < 4.78 is 60.4. The molecular formula is C25H27F4N3O3S. The molecule has 1 fully saturated rings. The molecular weight excluding hydrogens is 498 g/mol. The summed E-state index contributed by atoms with van der Waals surface area (Å²) >= 11 is 1.06. The Morgan fingerprint density at radius 3 is 2.53 bits per heavy atom. The van der Waals surface area contributed by atoms with Crippen molar-refractivity contribution < 1.29 is 31.9 Å². The Hall–Kier alpha value is -2.95. The third-order valence-corrected chi connectivity index (χ3v) is 7.97. The highest BCUT2D eigenvalue weighted by molar-refractivity contribution is 7.99. The molecule has 2 amide bonds. The van der Waals surface area contributed by atoms with Crippen LogP contribution in [-0.2, 0) is 15.7 Å². The number of carbonyl (C=O) groups excluding carboxylic acids is 2. The van der Waals surface area contributed by atoms with Crippen LogP contribution < -0.4 is 16.4 Å². The van der Waals surface area contributed by atoms with Crippen molar-refractivity contribution in [3.63, 3.8) is 0 Å². The average Bonchev–Trinajstić information content (AvgIpc) is 2.76. The fourth-order valence-electron chi connectivity index (χ4n) is 4.84. The summed E-state index contributed by atoms with van der Waals surface area (Å²) in [5.74, 6) is -1.61. The van der Waals surface area contributed by atoms with Gasteiger partial charge in [-0.3, -0.25) is 4.79 Å². The van der Waals surface area contributed by atoms with Crippen LogP contribution in [0.1, 0.15) is 52.0 Å². The maximum Gasteiger partial charge on any atom is 0.416 e. The highest BCUT2D eigenvalue weighted by Gasteiger charge is 2.50. The van der Waals surface area contributed by atoms with Crippen molar-refractivity contribution in [3.05, 3.63) is 41.7 Å². The van der Waals surface area contributed by atoms with Crippen LogP contribution >= 0.6 is 11.8 Å². The lowest BCUT2D eigenvalue weighted by Crippen LogP contribution is -2.52. The highest BCUT2D eigenvalue weighted by Crippen LogP contribution is 2.51. The summed E-state index contributed by atoms with van der Waals surface area (Å²) in [6.45, 7) is 5.66. The van der Waals surface area contributed by atoms with Gasteiger partial charge in [0.2, 0.25) is 5.91 Å². The van der Waals surface area contributed by atoms with Gasteiger partial charge in [-0.25, -0.2) is 9.18 Å². The summed E-state index contributed by atoms with van der Waals surface area (Å²) in [6.07, 6.45) is -3.83. The van der Waals surface area contributed by atoms with E-state index in [1.807, 2.05) is 20.8 Å². The van der Waals surface area contributed by atoms with E-state index in [0.717, 1.165) is 23.9 Å². The minimum absolute atomic E-state index is 0.0602. The number of carbonyl (C=O) groups is 2. The zero-order chi connectivity index (χ0) is 26.5. The van der Waals surface area contributed by atoms with Crippen LogP contribution in [0.5, 0.6) is 0 Å². The van der Waals surface area contributed by atoms with Crippen molar-refractivity contribution in [2.24, 2.45) is 17.1 Å². The standard InChI is InChI=1S/C25H27F4N3O3S/c1-23(2,3)24(35-22(30)34)8-4-5-13(12-24)21(33)32-17-9-14(25(27,28)29)10-19-20(17)31-16-11-15(26)6-7-18(16)36-19/h6-7,9-11,13,31H,4-5,8,12H2,1-3H3,(H2,30,34)(H,32,33). The maximum absolute atomic E-state index is 13.8. The van der Waals surface area contributed by atoms with Crippen molar-refractivity contribution in [1.82, 2.24) is 0 Å². The number of fused-ring (bicyclic) bond motifs is 2. The van der Waals surface area contributed by atoms with E-state index < -0.39 is 46.5 Å². The van der Waals surface area contributed by atoms with E-state index in [0.29, 0.717) is 29.8 Å². The van der Waals surface area contributed by atoms with Crippen molar-refractivity contribution in [3.8, 4) is 0 Å². The number of primary amides is 1. The number of hydrogen-bond acceptors (Lipinski definition) is 5. The number of amides is 2. The van der Waals surface area contributed by atoms with Crippen LogP contribution in [0.25, 0.3) is 0 Å². The summed E-state index contributed by atoms with van der Waals surface area (Å²) in [5.41, 5.74) is 3.48. The minimum Gasteiger partial charge on any atom is -0.443 e. The lowest BCUT2D eigenvalue weighted by atomic mass is 9.65. The fourth-order valence-corrected chi connectivity index (χ4v) is 5.89. The molecule has 2 aromatic carbocycles. The molecule has 1 saturated carbocycles. The van der Waals surface area contributed by atoms with E-state index >= 15 is 0 Å². The summed E-state index contributed by atoms with van der Waals surface area (Å²) in [5, 5.41) is 5.63. The van der Waals surface area contributed by atoms with Gasteiger partial charge in [0.15, 0.2) is 0 Å². The quantitative estimate of drug-likeness (QED) is 0.318. The predicted molar refractivity (Wildman–Crippen MR) is 129 cm³/mol. The fraction of sp³-hybridized carbons (Fsp3) is 0.440. The zero-order valence-corrected chi connectivity index (χ0v) is 20.8. The van der Waals surface area contributed by atoms with Crippen LogP contribution in [0.4, 0.5) is 39.4 Å². The molecule has 0 saturated heterocycles. The molecule has 4 N–H and O–H groups in total. The van der Waals surface area contributed by atoms with Gasteiger partial charge < -0.3 is 21.1 Å². The molecule has 4 rings (SSSR count). The Balaban J connectivity index is 1.67. The normalized spacial score (nSPS) is 21.6. The molecule has 0 radical (unpaired) electrons. The van der Waals surface area contributed by atoms with Gasteiger partial charge in [0.1, 0.15) is 11.4 Å². The van der Waals surface area contributed by atoms with Gasteiger partial charge in [-0.2, -0.15) is 13.2 Å². The number of alkyl halides is 3. The Morgan fingerprint density at radius 1 is 1.17 bits per heavy atom. The van der Waals surface area contributed by atoms with E-state index in [-0.39, 0.29) is 22.7 Å². The second-order valence-electron chi connectivity index (χ2n) is 10.2. The van der Waals surface area contributed by atoms with Crippen LogP contribution in [-0.4, -0.2) is 17.6 Å². The van der Waals surface area contributed by atoms with Gasteiger partial charge in [0.05, 0.1) is 22.6 Å². The van der Waals surface area contributed by atoms with Crippen molar-refractivity contribution in [2.75, 3.05) is 10.6 Å². The second-order valence-corrected chi connectivity index (χ2v) is 11.3. The first kappa shape index (κ1) is 26.1. The predicted octanol–water partition coefficient (Wildman–Crippen LogP) is 7.06. The van der Waals surface area contributed by atoms with Gasteiger partial charge in [0.25, 0.3) is 0 Å². The van der Waals surface area contributed by atoms with E-state index in [9.17, 15) is 27.2 Å². The summed E-state index contributed by atoms with van der Waals surface area (Å²) in [4.78, 5) is 25.8. The van der Waals surface area contributed by atoms with E-state index in [2.05, 4.69) is 10.6 Å². The maximum atomic E-state index is 13.8. The Kier molecular flexibility index (Phi) is 6.65. The monoisotopic (exact) mass is 525 g/mol. The minimum atomic E-state index is -4.64. The first-order valence-corrected chi connectivity index (χ1v) is 12.3. The topological polar surface area (TPSA) is 93.5 Å². The Bertz CT molecular complexity index is 1210. The average molecular weight is 526 g/mol. The summed E-state index contributed by atoms with van der Waals surface area (Å²) in [6, 6.07) is 5.83. The Labute approximate surface area is 210 Å². The molecule has 2 atom stereocenters. The SMILES string of the molecule is CC(C)(C)C1(OC(N)=O)CCCC(C(=O)Nc2cc(C(F)(F)F)cc3c2Nc2cc(F)ccc2S3)C1. The first-order valence-electron chi connectivity index (χ1n) is 11.5. The first-order chi connectivity index (χ1) is 16.7. The lowest BCUT2D eigenvalue weighted by molar-refractivity contribution is -0.137. The molecule has 1 heterocycles. The van der Waals surface area contributed by atoms with Gasteiger partial charge in [-0.05, 0) is 56.0 Å². The van der Waals surface area contributed by atoms with Crippen LogP contribution in [0, 0.1) is 17.2 Å². The highest BCUT2D eigenvalue weighted by atomic mass is 32.2. The molecule has 6 nitrogen and oxygen atoms in total. The number of anilines is 3. The molecule has 2 aliphatic rings. The number of halogens is 4. The lowest BCUT2D eigenvalue weighted by Gasteiger charge is -2.48.